The van der Waals surface area contributed by atoms with Crippen molar-refractivity contribution in [1.29, 1.82) is 0 Å². The van der Waals surface area contributed by atoms with Crippen LogP contribution in [0.25, 0.3) is 10.6 Å². The Labute approximate surface area is 148 Å². The Morgan fingerprint density at radius 2 is 1.88 bits per heavy atom. The molecular weight excluding hydrogens is 338 g/mol. The molecule has 1 aromatic heterocycles. The lowest BCUT2D eigenvalue weighted by molar-refractivity contribution is -0.125. The summed E-state index contributed by atoms with van der Waals surface area (Å²) < 4.78 is 11.3. The van der Waals surface area contributed by atoms with Gasteiger partial charge in [0.2, 0.25) is 11.2 Å². The summed E-state index contributed by atoms with van der Waals surface area (Å²) in [6, 6.07) is 15.3. The number of anilines is 1. The summed E-state index contributed by atoms with van der Waals surface area (Å²) in [6.07, 6.45) is -0.721. The first kappa shape index (κ1) is 15.6. The number of nitrogens with zero attached hydrogens (tertiary/aromatic N) is 2. The predicted octanol–water partition coefficient (Wildman–Crippen LogP) is 3.29. The van der Waals surface area contributed by atoms with Crippen molar-refractivity contribution in [3.63, 3.8) is 0 Å². The number of hydrogen-bond donors (Lipinski definition) is 1. The standard InChI is InChI=1S/C18H15N3O3S/c1-11-6-8-12(9-7-11)17-20-21-18(25-17)19-16(22)15-10-23-13-4-2-3-5-14(13)24-15/h2-9,15H,10H2,1H3,(H,19,21,22)/t15-/m1/s1. The average molecular weight is 353 g/mol. The third kappa shape index (κ3) is 3.32. The summed E-state index contributed by atoms with van der Waals surface area (Å²) in [5.74, 6) is 0.900. The highest BCUT2D eigenvalue weighted by Crippen LogP contribution is 2.31. The van der Waals surface area contributed by atoms with E-state index in [0.717, 1.165) is 10.6 Å². The van der Waals surface area contributed by atoms with E-state index in [2.05, 4.69) is 15.5 Å². The van der Waals surface area contributed by atoms with Crippen molar-refractivity contribution in [3.05, 3.63) is 54.1 Å². The summed E-state index contributed by atoms with van der Waals surface area (Å²) >= 11 is 1.32. The number of hydrogen-bond acceptors (Lipinski definition) is 6. The zero-order chi connectivity index (χ0) is 17.2. The molecule has 0 saturated carbocycles. The molecule has 0 bridgehead atoms. The third-order valence-electron chi connectivity index (χ3n) is 3.75. The molecule has 2 heterocycles. The van der Waals surface area contributed by atoms with Crippen LogP contribution in [0.2, 0.25) is 0 Å². The number of carbonyl (C=O) groups excluding carboxylic acids is 1. The molecule has 7 heteroatoms. The van der Waals surface area contributed by atoms with E-state index in [0.29, 0.717) is 16.6 Å². The van der Waals surface area contributed by atoms with Crippen LogP contribution >= 0.6 is 11.3 Å². The highest BCUT2D eigenvalue weighted by molar-refractivity contribution is 7.18. The van der Waals surface area contributed by atoms with Crippen LogP contribution in [-0.2, 0) is 4.79 Å². The van der Waals surface area contributed by atoms with Gasteiger partial charge in [0, 0.05) is 5.56 Å². The summed E-state index contributed by atoms with van der Waals surface area (Å²) in [5, 5.41) is 12.1. The van der Waals surface area contributed by atoms with Crippen molar-refractivity contribution < 1.29 is 14.3 Å². The Kier molecular flexibility index (Phi) is 4.07. The second-order valence-electron chi connectivity index (χ2n) is 5.63. The summed E-state index contributed by atoms with van der Waals surface area (Å²) in [7, 11) is 0. The van der Waals surface area contributed by atoms with Gasteiger partial charge in [0.25, 0.3) is 5.91 Å². The third-order valence-corrected chi connectivity index (χ3v) is 4.64. The Morgan fingerprint density at radius 3 is 2.68 bits per heavy atom. The maximum absolute atomic E-state index is 12.4. The summed E-state index contributed by atoms with van der Waals surface area (Å²) in [6.45, 7) is 2.19. The number of carbonyl (C=O) groups is 1. The number of nitrogens with one attached hydrogen (secondary N) is 1. The fourth-order valence-corrected chi connectivity index (χ4v) is 3.17. The van der Waals surface area contributed by atoms with Gasteiger partial charge in [-0.2, -0.15) is 0 Å². The predicted molar refractivity (Wildman–Crippen MR) is 95.1 cm³/mol. The van der Waals surface area contributed by atoms with Gasteiger partial charge >= 0.3 is 0 Å². The average Bonchev–Trinajstić information content (AvgIpc) is 3.10. The van der Waals surface area contributed by atoms with Gasteiger partial charge in [0.05, 0.1) is 0 Å². The van der Waals surface area contributed by atoms with E-state index < -0.39 is 6.10 Å². The topological polar surface area (TPSA) is 73.3 Å². The Balaban J connectivity index is 1.44. The van der Waals surface area contributed by atoms with Gasteiger partial charge in [-0.05, 0) is 19.1 Å². The number of aromatic nitrogens is 2. The normalized spacial score (nSPS) is 15.6. The molecule has 0 aliphatic carbocycles. The van der Waals surface area contributed by atoms with E-state index in [4.69, 9.17) is 9.47 Å². The number of fused-ring (bicyclic) bond motifs is 1. The molecule has 2 aromatic carbocycles. The van der Waals surface area contributed by atoms with Gasteiger partial charge in [0.15, 0.2) is 11.5 Å². The van der Waals surface area contributed by atoms with Gasteiger partial charge in [-0.3, -0.25) is 10.1 Å². The van der Waals surface area contributed by atoms with Gasteiger partial charge in [-0.15, -0.1) is 10.2 Å². The summed E-state index contributed by atoms with van der Waals surface area (Å²) in [5.41, 5.74) is 2.14. The first-order valence-corrected chi connectivity index (χ1v) is 8.60. The van der Waals surface area contributed by atoms with E-state index >= 15 is 0 Å². The zero-order valence-corrected chi connectivity index (χ0v) is 14.2. The van der Waals surface area contributed by atoms with Gasteiger partial charge in [0.1, 0.15) is 11.6 Å². The minimum atomic E-state index is -0.721. The van der Waals surface area contributed by atoms with E-state index in [9.17, 15) is 4.79 Å². The smallest absolute Gasteiger partial charge is 0.270 e. The molecule has 0 saturated heterocycles. The maximum Gasteiger partial charge on any atom is 0.270 e. The highest BCUT2D eigenvalue weighted by Gasteiger charge is 2.28. The molecule has 1 atom stereocenters. The van der Waals surface area contributed by atoms with Gasteiger partial charge in [-0.1, -0.05) is 53.3 Å². The van der Waals surface area contributed by atoms with Crippen LogP contribution in [-0.4, -0.2) is 28.8 Å². The van der Waals surface area contributed by atoms with Crippen molar-refractivity contribution in [2.24, 2.45) is 0 Å². The second-order valence-corrected chi connectivity index (χ2v) is 6.61. The molecule has 1 N–H and O–H groups in total. The van der Waals surface area contributed by atoms with Crippen molar-refractivity contribution in [3.8, 4) is 22.1 Å². The van der Waals surface area contributed by atoms with Crippen molar-refractivity contribution in [2.75, 3.05) is 11.9 Å². The quantitative estimate of drug-likeness (QED) is 0.782. The van der Waals surface area contributed by atoms with Crippen molar-refractivity contribution in [2.45, 2.75) is 13.0 Å². The molecule has 0 radical (unpaired) electrons. The molecule has 1 amide bonds. The molecule has 0 unspecified atom stereocenters. The number of benzene rings is 2. The largest absolute Gasteiger partial charge is 0.485 e. The van der Waals surface area contributed by atoms with Crippen LogP contribution in [0.1, 0.15) is 5.56 Å². The van der Waals surface area contributed by atoms with Crippen molar-refractivity contribution >= 4 is 22.4 Å². The minimum Gasteiger partial charge on any atom is -0.485 e. The molecule has 25 heavy (non-hydrogen) atoms. The Morgan fingerprint density at radius 1 is 1.12 bits per heavy atom. The lowest BCUT2D eigenvalue weighted by Crippen LogP contribution is -2.40. The van der Waals surface area contributed by atoms with Crippen LogP contribution in [0, 0.1) is 6.92 Å². The van der Waals surface area contributed by atoms with Crippen LogP contribution < -0.4 is 14.8 Å². The zero-order valence-electron chi connectivity index (χ0n) is 13.4. The SMILES string of the molecule is Cc1ccc(-c2nnc(NC(=O)[C@H]3COc4ccccc4O3)s2)cc1. The lowest BCUT2D eigenvalue weighted by atomic mass is 10.2. The number of aryl methyl sites for hydroxylation is 1. The first-order valence-electron chi connectivity index (χ1n) is 7.79. The number of amides is 1. The van der Waals surface area contributed by atoms with E-state index in [1.54, 1.807) is 6.07 Å². The Hall–Kier alpha value is -2.93. The number of rotatable bonds is 3. The molecule has 1 aliphatic heterocycles. The molecule has 4 rings (SSSR count). The van der Waals surface area contributed by atoms with Crippen LogP contribution in [0.3, 0.4) is 0 Å². The lowest BCUT2D eigenvalue weighted by Gasteiger charge is -2.25. The molecule has 1 aliphatic rings. The Bertz CT molecular complexity index is 908. The minimum absolute atomic E-state index is 0.159. The fourth-order valence-electron chi connectivity index (χ4n) is 2.42. The van der Waals surface area contributed by atoms with Crippen molar-refractivity contribution in [1.82, 2.24) is 10.2 Å². The fraction of sp³-hybridized carbons (Fsp3) is 0.167. The molecule has 3 aromatic rings. The van der Waals surface area contributed by atoms with Crippen LogP contribution in [0.4, 0.5) is 5.13 Å². The molecule has 126 valence electrons. The van der Waals surface area contributed by atoms with E-state index in [1.165, 1.54) is 16.9 Å². The van der Waals surface area contributed by atoms with Crippen LogP contribution in [0.15, 0.2) is 48.5 Å². The molecule has 0 fully saturated rings. The van der Waals surface area contributed by atoms with Gasteiger partial charge in [-0.25, -0.2) is 0 Å². The second kappa shape index (κ2) is 6.52. The summed E-state index contributed by atoms with van der Waals surface area (Å²) in [4.78, 5) is 12.4. The van der Waals surface area contributed by atoms with E-state index in [-0.39, 0.29) is 12.5 Å². The number of para-hydroxylation sites is 2. The number of ether oxygens (including phenoxy) is 2. The molecular formula is C18H15N3O3S. The first-order chi connectivity index (χ1) is 12.2. The van der Waals surface area contributed by atoms with E-state index in [1.807, 2.05) is 49.4 Å². The van der Waals surface area contributed by atoms with Gasteiger partial charge < -0.3 is 9.47 Å². The van der Waals surface area contributed by atoms with Crippen LogP contribution in [0.5, 0.6) is 11.5 Å². The maximum atomic E-state index is 12.4. The molecule has 6 nitrogen and oxygen atoms in total. The highest BCUT2D eigenvalue weighted by atomic mass is 32.1. The monoisotopic (exact) mass is 353 g/mol. The molecule has 0 spiro atoms.